The number of fused-ring (bicyclic) bond motifs is 1. The van der Waals surface area contributed by atoms with Crippen LogP contribution < -0.4 is 5.32 Å². The molecule has 29 heavy (non-hydrogen) atoms. The Hall–Kier alpha value is -3.00. The molecule has 4 rings (SSSR count). The zero-order chi connectivity index (χ0) is 20.5. The Labute approximate surface area is 169 Å². The number of benzene rings is 1. The van der Waals surface area contributed by atoms with Gasteiger partial charge in [0.1, 0.15) is 17.7 Å². The molecule has 3 aromatic rings. The van der Waals surface area contributed by atoms with E-state index in [0.717, 1.165) is 42.8 Å². The van der Waals surface area contributed by atoms with Gasteiger partial charge in [0.2, 0.25) is 0 Å². The van der Waals surface area contributed by atoms with Crippen LogP contribution in [0.15, 0.2) is 36.8 Å². The second kappa shape index (κ2) is 7.79. The first-order valence-corrected chi connectivity index (χ1v) is 9.77. The van der Waals surface area contributed by atoms with Gasteiger partial charge in [-0.05, 0) is 44.2 Å². The summed E-state index contributed by atoms with van der Waals surface area (Å²) in [6.07, 6.45) is 3.25. The van der Waals surface area contributed by atoms with E-state index in [1.807, 2.05) is 18.7 Å². The normalized spacial score (nSPS) is 16.2. The van der Waals surface area contributed by atoms with Gasteiger partial charge in [-0.1, -0.05) is 12.1 Å². The third kappa shape index (κ3) is 3.80. The van der Waals surface area contributed by atoms with E-state index < -0.39 is 0 Å². The lowest BCUT2D eigenvalue weighted by Crippen LogP contribution is -2.47. The Balaban J connectivity index is 1.63. The summed E-state index contributed by atoms with van der Waals surface area (Å²) in [7, 11) is 2.07. The monoisotopic (exact) mass is 396 g/mol. The summed E-state index contributed by atoms with van der Waals surface area (Å²) in [5.74, 6) is 0.408. The van der Waals surface area contributed by atoms with Gasteiger partial charge < -0.3 is 15.1 Å². The van der Waals surface area contributed by atoms with Crippen LogP contribution in [0.2, 0.25) is 0 Å². The molecule has 1 N–H and O–H groups in total. The van der Waals surface area contributed by atoms with Gasteiger partial charge in [-0.3, -0.25) is 4.79 Å². The smallest absolute Gasteiger partial charge is 0.255 e. The van der Waals surface area contributed by atoms with Crippen LogP contribution in [0.3, 0.4) is 0 Å². The highest BCUT2D eigenvalue weighted by Gasteiger charge is 2.25. The predicted octanol–water partition coefficient (Wildman–Crippen LogP) is 2.74. The van der Waals surface area contributed by atoms with Crippen LogP contribution >= 0.6 is 0 Å². The first-order valence-electron chi connectivity index (χ1n) is 9.77. The van der Waals surface area contributed by atoms with Crippen LogP contribution in [-0.2, 0) is 0 Å². The minimum Gasteiger partial charge on any atom is -0.362 e. The lowest BCUT2D eigenvalue weighted by atomic mass is 10.1. The lowest BCUT2D eigenvalue weighted by Gasteiger charge is -2.32. The zero-order valence-electron chi connectivity index (χ0n) is 16.9. The first kappa shape index (κ1) is 19.3. The summed E-state index contributed by atoms with van der Waals surface area (Å²) in [5.41, 5.74) is 3.22. The van der Waals surface area contributed by atoms with Gasteiger partial charge in [0, 0.05) is 32.4 Å². The number of aryl methyl sites for hydroxylation is 1. The van der Waals surface area contributed by atoms with Crippen LogP contribution in [-0.4, -0.2) is 63.5 Å². The number of hydrogen-bond donors (Lipinski definition) is 1. The third-order valence-corrected chi connectivity index (χ3v) is 5.57. The van der Waals surface area contributed by atoms with E-state index in [9.17, 15) is 9.18 Å². The quantitative estimate of drug-likeness (QED) is 0.735. The fraction of sp³-hybridized carbons (Fsp3) is 0.381. The van der Waals surface area contributed by atoms with E-state index in [2.05, 4.69) is 27.3 Å². The molecule has 0 radical (unpaired) electrons. The highest BCUT2D eigenvalue weighted by Crippen LogP contribution is 2.27. The molecule has 1 saturated heterocycles. The van der Waals surface area contributed by atoms with Crippen LogP contribution in [0.1, 0.15) is 34.5 Å². The number of halogens is 1. The molecule has 0 unspecified atom stereocenters. The van der Waals surface area contributed by atoms with Crippen LogP contribution in [0.25, 0.3) is 5.52 Å². The maximum absolute atomic E-state index is 13.2. The molecule has 7 nitrogen and oxygen atoms in total. The summed E-state index contributed by atoms with van der Waals surface area (Å²) in [6, 6.07) is 6.30. The van der Waals surface area contributed by atoms with Crippen LogP contribution in [0, 0.1) is 12.7 Å². The van der Waals surface area contributed by atoms with Crippen molar-refractivity contribution in [3.8, 4) is 0 Å². The molecule has 152 valence electrons. The van der Waals surface area contributed by atoms with Crippen molar-refractivity contribution in [2.75, 3.05) is 38.5 Å². The molecule has 2 aromatic heterocycles. The molecular formula is C21H25FN6O. The average molecular weight is 396 g/mol. The summed E-state index contributed by atoms with van der Waals surface area (Å²) < 4.78 is 14.9. The second-order valence-corrected chi connectivity index (χ2v) is 7.58. The van der Waals surface area contributed by atoms with Crippen molar-refractivity contribution in [1.29, 1.82) is 0 Å². The van der Waals surface area contributed by atoms with Crippen molar-refractivity contribution < 1.29 is 9.18 Å². The van der Waals surface area contributed by atoms with Crippen molar-refractivity contribution in [1.82, 2.24) is 24.4 Å². The van der Waals surface area contributed by atoms with E-state index >= 15 is 0 Å². The molecule has 0 aliphatic carbocycles. The van der Waals surface area contributed by atoms with Gasteiger partial charge in [0.15, 0.2) is 5.82 Å². The summed E-state index contributed by atoms with van der Waals surface area (Å²) in [5, 5.41) is 7.66. The molecule has 8 heteroatoms. The fourth-order valence-corrected chi connectivity index (χ4v) is 3.70. The molecule has 1 fully saturated rings. The Bertz CT molecular complexity index is 1020. The largest absolute Gasteiger partial charge is 0.362 e. The first-order chi connectivity index (χ1) is 13.9. The van der Waals surface area contributed by atoms with Gasteiger partial charge in [0.05, 0.1) is 11.6 Å². The average Bonchev–Trinajstić information content (AvgIpc) is 3.06. The highest BCUT2D eigenvalue weighted by molar-refractivity contribution is 5.99. The molecule has 1 amide bonds. The molecule has 0 saturated carbocycles. The Kier molecular flexibility index (Phi) is 5.19. The molecule has 1 aliphatic rings. The minimum absolute atomic E-state index is 0.0265. The van der Waals surface area contributed by atoms with Gasteiger partial charge >= 0.3 is 0 Å². The maximum atomic E-state index is 13.2. The number of carbonyl (C=O) groups is 1. The maximum Gasteiger partial charge on any atom is 0.255 e. The lowest BCUT2D eigenvalue weighted by molar-refractivity contribution is 0.0663. The van der Waals surface area contributed by atoms with Crippen molar-refractivity contribution in [3.63, 3.8) is 0 Å². The molecule has 1 aliphatic heterocycles. The Morgan fingerprint density at radius 1 is 1.17 bits per heavy atom. The van der Waals surface area contributed by atoms with E-state index in [1.165, 1.54) is 18.5 Å². The number of carbonyl (C=O) groups excluding carboxylic acids is 1. The summed E-state index contributed by atoms with van der Waals surface area (Å²) in [4.78, 5) is 21.6. The van der Waals surface area contributed by atoms with E-state index in [-0.39, 0.29) is 17.8 Å². The van der Waals surface area contributed by atoms with Crippen molar-refractivity contribution in [2.45, 2.75) is 19.9 Å². The number of rotatable bonds is 4. The number of anilines is 1. The molecule has 3 heterocycles. The number of hydrogen-bond acceptors (Lipinski definition) is 5. The van der Waals surface area contributed by atoms with Crippen molar-refractivity contribution >= 4 is 17.2 Å². The SMILES string of the molecule is Cc1c(C(=O)N2CCN(C)CC2)cn2ncnc(N[C@H](C)c3ccc(F)cc3)c12. The predicted molar refractivity (Wildman–Crippen MR) is 110 cm³/mol. The number of amides is 1. The summed E-state index contributed by atoms with van der Waals surface area (Å²) in [6.45, 7) is 7.11. The van der Waals surface area contributed by atoms with Gasteiger partial charge in [0.25, 0.3) is 5.91 Å². The van der Waals surface area contributed by atoms with E-state index in [4.69, 9.17) is 0 Å². The fourth-order valence-electron chi connectivity index (χ4n) is 3.70. The topological polar surface area (TPSA) is 65.8 Å². The van der Waals surface area contributed by atoms with Crippen molar-refractivity contribution in [2.24, 2.45) is 0 Å². The standard InChI is InChI=1S/C21H25FN6O/c1-14-18(21(29)27-10-8-26(3)9-11-27)12-28-19(14)20(23-13-24-28)25-15(2)16-4-6-17(22)7-5-16/h4-7,12-13,15H,8-11H2,1-3H3,(H,23,24,25)/t15-/m1/s1. The summed E-state index contributed by atoms with van der Waals surface area (Å²) >= 11 is 0. The Morgan fingerprint density at radius 2 is 1.86 bits per heavy atom. The minimum atomic E-state index is -0.264. The molecule has 0 spiro atoms. The van der Waals surface area contributed by atoms with Crippen LogP contribution in [0.5, 0.6) is 0 Å². The van der Waals surface area contributed by atoms with E-state index in [0.29, 0.717) is 11.4 Å². The number of nitrogens with zero attached hydrogens (tertiary/aromatic N) is 5. The molecular weight excluding hydrogens is 371 g/mol. The number of likely N-dealkylation sites (N-methyl/N-ethyl adjacent to an activating group) is 1. The zero-order valence-corrected chi connectivity index (χ0v) is 16.9. The van der Waals surface area contributed by atoms with Gasteiger partial charge in [-0.2, -0.15) is 5.10 Å². The van der Waals surface area contributed by atoms with Gasteiger partial charge in [-0.15, -0.1) is 0 Å². The second-order valence-electron chi connectivity index (χ2n) is 7.58. The number of nitrogens with one attached hydrogen (secondary N) is 1. The molecule has 1 atom stereocenters. The number of aromatic nitrogens is 3. The van der Waals surface area contributed by atoms with Crippen molar-refractivity contribution in [3.05, 3.63) is 59.3 Å². The number of piperazine rings is 1. The van der Waals surface area contributed by atoms with Crippen LogP contribution in [0.4, 0.5) is 10.2 Å². The Morgan fingerprint density at radius 3 is 2.55 bits per heavy atom. The third-order valence-electron chi connectivity index (χ3n) is 5.57. The van der Waals surface area contributed by atoms with E-state index in [1.54, 1.807) is 22.8 Å². The highest BCUT2D eigenvalue weighted by atomic mass is 19.1. The molecule has 1 aromatic carbocycles. The molecule has 0 bridgehead atoms. The van der Waals surface area contributed by atoms with Gasteiger partial charge in [-0.25, -0.2) is 13.9 Å².